The third-order valence-electron chi connectivity index (χ3n) is 3.43. The Hall–Kier alpha value is -1.62. The van der Waals surface area contributed by atoms with E-state index in [9.17, 15) is 10.1 Å². The maximum absolute atomic E-state index is 10.6. The Bertz CT molecular complexity index is 399. The molecule has 98 valence electrons. The van der Waals surface area contributed by atoms with E-state index < -0.39 is 0 Å². The van der Waals surface area contributed by atoms with Gasteiger partial charge in [-0.05, 0) is 44.0 Å². The Balaban J connectivity index is 1.95. The van der Waals surface area contributed by atoms with Crippen LogP contribution in [0.4, 0.5) is 11.4 Å². The van der Waals surface area contributed by atoms with E-state index in [-0.39, 0.29) is 10.6 Å². The Labute approximate surface area is 107 Å². The van der Waals surface area contributed by atoms with Crippen LogP contribution in [0.2, 0.25) is 0 Å². The van der Waals surface area contributed by atoms with Gasteiger partial charge in [0.2, 0.25) is 0 Å². The van der Waals surface area contributed by atoms with E-state index >= 15 is 0 Å². The number of hydrogen-bond donors (Lipinski definition) is 1. The summed E-state index contributed by atoms with van der Waals surface area (Å²) in [6.45, 7) is 3.18. The molecule has 1 saturated heterocycles. The molecule has 0 aromatic heterocycles. The van der Waals surface area contributed by atoms with E-state index in [4.69, 9.17) is 0 Å². The summed E-state index contributed by atoms with van der Waals surface area (Å²) in [6, 6.07) is 6.75. The molecule has 5 heteroatoms. The fourth-order valence-electron chi connectivity index (χ4n) is 2.40. The Kier molecular flexibility index (Phi) is 4.15. The maximum atomic E-state index is 10.6. The number of non-ortho nitro benzene ring substituents is 1. The zero-order valence-electron chi connectivity index (χ0n) is 10.6. The van der Waals surface area contributed by atoms with Gasteiger partial charge < -0.3 is 10.2 Å². The largest absolute Gasteiger partial charge is 0.374 e. The van der Waals surface area contributed by atoms with Crippen LogP contribution in [-0.2, 0) is 0 Å². The highest BCUT2D eigenvalue weighted by Gasteiger charge is 2.15. The summed E-state index contributed by atoms with van der Waals surface area (Å²) in [5.41, 5.74) is 1.18. The predicted octanol–water partition coefficient (Wildman–Crippen LogP) is 2.03. The third kappa shape index (κ3) is 3.20. The Morgan fingerprint density at radius 1 is 1.44 bits per heavy atom. The second kappa shape index (κ2) is 5.82. The minimum absolute atomic E-state index is 0.145. The van der Waals surface area contributed by atoms with Gasteiger partial charge in [0.1, 0.15) is 0 Å². The minimum atomic E-state index is -0.366. The van der Waals surface area contributed by atoms with Crippen molar-refractivity contribution in [2.45, 2.75) is 12.8 Å². The molecule has 0 saturated carbocycles. The lowest BCUT2D eigenvalue weighted by Crippen LogP contribution is -2.36. The van der Waals surface area contributed by atoms with E-state index in [1.54, 1.807) is 12.1 Å². The first-order chi connectivity index (χ1) is 8.66. The van der Waals surface area contributed by atoms with Gasteiger partial charge >= 0.3 is 0 Å². The number of nitro benzene ring substituents is 1. The first kappa shape index (κ1) is 12.8. The van der Waals surface area contributed by atoms with Crippen LogP contribution in [0.15, 0.2) is 24.3 Å². The smallest absolute Gasteiger partial charge is 0.269 e. The van der Waals surface area contributed by atoms with Gasteiger partial charge in [0.25, 0.3) is 5.69 Å². The summed E-state index contributed by atoms with van der Waals surface area (Å²) in [4.78, 5) is 12.4. The average Bonchev–Trinajstić information content (AvgIpc) is 2.40. The highest BCUT2D eigenvalue weighted by atomic mass is 16.6. The zero-order chi connectivity index (χ0) is 13.0. The molecule has 1 unspecified atom stereocenters. The van der Waals surface area contributed by atoms with E-state index in [0.29, 0.717) is 5.92 Å². The molecule has 1 N–H and O–H groups in total. The van der Waals surface area contributed by atoms with Gasteiger partial charge in [-0.2, -0.15) is 0 Å². The molecule has 0 aliphatic carbocycles. The van der Waals surface area contributed by atoms with Crippen molar-refractivity contribution in [3.63, 3.8) is 0 Å². The molecule has 18 heavy (non-hydrogen) atoms. The molecular weight excluding hydrogens is 230 g/mol. The maximum Gasteiger partial charge on any atom is 0.269 e. The average molecular weight is 249 g/mol. The summed E-state index contributed by atoms with van der Waals surface area (Å²) < 4.78 is 0. The van der Waals surface area contributed by atoms with Gasteiger partial charge in [-0.3, -0.25) is 10.1 Å². The zero-order valence-corrected chi connectivity index (χ0v) is 10.6. The number of nitrogens with one attached hydrogen (secondary N) is 1. The fourth-order valence-corrected chi connectivity index (χ4v) is 2.40. The molecule has 0 spiro atoms. The molecule has 1 fully saturated rings. The van der Waals surface area contributed by atoms with Crippen molar-refractivity contribution in [1.29, 1.82) is 0 Å². The number of piperidine rings is 1. The van der Waals surface area contributed by atoms with Crippen LogP contribution in [0.5, 0.6) is 0 Å². The molecule has 1 aromatic rings. The number of benzene rings is 1. The highest BCUT2D eigenvalue weighted by Crippen LogP contribution is 2.20. The van der Waals surface area contributed by atoms with Crippen LogP contribution in [0.25, 0.3) is 0 Å². The van der Waals surface area contributed by atoms with Crippen molar-refractivity contribution in [3.8, 4) is 0 Å². The Morgan fingerprint density at radius 3 is 2.72 bits per heavy atom. The molecule has 0 bridgehead atoms. The number of nitro groups is 1. The predicted molar refractivity (Wildman–Crippen MR) is 72.0 cm³/mol. The third-order valence-corrected chi connectivity index (χ3v) is 3.43. The molecule has 0 amide bonds. The van der Waals surface area contributed by atoms with Gasteiger partial charge in [-0.1, -0.05) is 0 Å². The van der Waals surface area contributed by atoms with Crippen molar-refractivity contribution in [2.75, 3.05) is 31.6 Å². The topological polar surface area (TPSA) is 58.4 Å². The van der Waals surface area contributed by atoms with Crippen molar-refractivity contribution in [3.05, 3.63) is 34.4 Å². The molecule has 0 radical (unpaired) electrons. The van der Waals surface area contributed by atoms with Crippen LogP contribution >= 0.6 is 0 Å². The van der Waals surface area contributed by atoms with Gasteiger partial charge in [0.05, 0.1) is 4.92 Å². The Morgan fingerprint density at radius 2 is 2.17 bits per heavy atom. The van der Waals surface area contributed by atoms with Crippen molar-refractivity contribution >= 4 is 11.4 Å². The SMILES string of the molecule is CN(CC1CCCNC1)c1ccc([N+](=O)[O-])cc1. The van der Waals surface area contributed by atoms with Crippen LogP contribution < -0.4 is 10.2 Å². The minimum Gasteiger partial charge on any atom is -0.374 e. The normalized spacial score (nSPS) is 19.5. The van der Waals surface area contributed by atoms with E-state index in [1.165, 1.54) is 12.8 Å². The van der Waals surface area contributed by atoms with E-state index in [1.807, 2.05) is 19.2 Å². The van der Waals surface area contributed by atoms with Crippen LogP contribution in [0.1, 0.15) is 12.8 Å². The molecule has 1 aliphatic heterocycles. The lowest BCUT2D eigenvalue weighted by molar-refractivity contribution is -0.384. The molecule has 1 heterocycles. The molecule has 1 aromatic carbocycles. The lowest BCUT2D eigenvalue weighted by Gasteiger charge is -2.28. The van der Waals surface area contributed by atoms with E-state index in [0.717, 1.165) is 25.3 Å². The number of nitrogens with zero attached hydrogens (tertiary/aromatic N) is 2. The second-order valence-corrected chi connectivity index (χ2v) is 4.87. The first-order valence-electron chi connectivity index (χ1n) is 6.33. The summed E-state index contributed by atoms with van der Waals surface area (Å²) in [5.74, 6) is 0.666. The van der Waals surface area contributed by atoms with Gasteiger partial charge in [-0.25, -0.2) is 0 Å². The van der Waals surface area contributed by atoms with Crippen LogP contribution in [0, 0.1) is 16.0 Å². The van der Waals surface area contributed by atoms with Crippen molar-refractivity contribution in [2.24, 2.45) is 5.92 Å². The quantitative estimate of drug-likeness (QED) is 0.655. The van der Waals surface area contributed by atoms with Crippen molar-refractivity contribution in [1.82, 2.24) is 5.32 Å². The first-order valence-corrected chi connectivity index (χ1v) is 6.33. The van der Waals surface area contributed by atoms with Crippen LogP contribution in [0.3, 0.4) is 0 Å². The lowest BCUT2D eigenvalue weighted by atomic mass is 9.99. The number of rotatable bonds is 4. The van der Waals surface area contributed by atoms with Gasteiger partial charge in [0.15, 0.2) is 0 Å². The molecule has 1 aliphatic rings. The van der Waals surface area contributed by atoms with Crippen molar-refractivity contribution < 1.29 is 4.92 Å². The standard InChI is InChI=1S/C13H19N3O2/c1-15(10-11-3-2-8-14-9-11)12-4-6-13(7-5-12)16(17)18/h4-7,11,14H,2-3,8-10H2,1H3. The summed E-state index contributed by atoms with van der Waals surface area (Å²) >= 11 is 0. The summed E-state index contributed by atoms with van der Waals surface area (Å²) in [6.07, 6.45) is 2.49. The number of hydrogen-bond acceptors (Lipinski definition) is 4. The fraction of sp³-hybridized carbons (Fsp3) is 0.538. The summed E-state index contributed by atoms with van der Waals surface area (Å²) in [7, 11) is 2.04. The highest BCUT2D eigenvalue weighted by molar-refractivity contribution is 5.50. The molecular formula is C13H19N3O2. The summed E-state index contributed by atoms with van der Waals surface area (Å²) in [5, 5.41) is 14.0. The molecule has 1 atom stereocenters. The van der Waals surface area contributed by atoms with E-state index in [2.05, 4.69) is 10.2 Å². The molecule has 2 rings (SSSR count). The number of anilines is 1. The van der Waals surface area contributed by atoms with Crippen LogP contribution in [-0.4, -0.2) is 31.6 Å². The second-order valence-electron chi connectivity index (χ2n) is 4.87. The van der Waals surface area contributed by atoms with Gasteiger partial charge in [-0.15, -0.1) is 0 Å². The van der Waals surface area contributed by atoms with Gasteiger partial charge in [0, 0.05) is 31.4 Å². The monoisotopic (exact) mass is 249 g/mol. The molecule has 5 nitrogen and oxygen atoms in total.